The fourth-order valence-electron chi connectivity index (χ4n) is 1.11. The van der Waals surface area contributed by atoms with Crippen molar-refractivity contribution >= 4 is 17.6 Å². The fraction of sp³-hybridized carbons (Fsp3) is 0.222. The van der Waals surface area contributed by atoms with Gasteiger partial charge in [-0.25, -0.2) is 0 Å². The van der Waals surface area contributed by atoms with Gasteiger partial charge in [0.1, 0.15) is 0 Å². The van der Waals surface area contributed by atoms with Crippen molar-refractivity contribution in [3.8, 4) is 11.5 Å². The maximum absolute atomic E-state index is 10.7. The highest BCUT2D eigenvalue weighted by Crippen LogP contribution is 2.38. The number of hydrogen-bond donors (Lipinski definition) is 3. The molecule has 0 saturated heterocycles. The van der Waals surface area contributed by atoms with Gasteiger partial charge >= 0.3 is 5.97 Å². The van der Waals surface area contributed by atoms with Crippen LogP contribution in [0.25, 0.3) is 0 Å². The van der Waals surface area contributed by atoms with E-state index < -0.39 is 17.6 Å². The first-order valence-corrected chi connectivity index (χ1v) is 4.26. The van der Waals surface area contributed by atoms with Crippen LogP contribution in [0.15, 0.2) is 12.1 Å². The maximum Gasteiger partial charge on any atom is 0.310 e. The Labute approximate surface area is 85.4 Å². The van der Waals surface area contributed by atoms with Crippen LogP contribution >= 0.6 is 11.6 Å². The van der Waals surface area contributed by atoms with E-state index in [-0.39, 0.29) is 16.3 Å². The van der Waals surface area contributed by atoms with Crippen LogP contribution in [-0.2, 0) is 4.79 Å². The second-order valence-electron chi connectivity index (χ2n) is 2.89. The van der Waals surface area contributed by atoms with E-state index in [4.69, 9.17) is 21.8 Å². The third-order valence-corrected chi connectivity index (χ3v) is 2.28. The summed E-state index contributed by atoms with van der Waals surface area (Å²) in [5.41, 5.74) is 0.0270. The first-order chi connectivity index (χ1) is 6.45. The van der Waals surface area contributed by atoms with Crippen molar-refractivity contribution in [3.63, 3.8) is 0 Å². The zero-order valence-electron chi connectivity index (χ0n) is 7.36. The highest BCUT2D eigenvalue weighted by Gasteiger charge is 2.22. The van der Waals surface area contributed by atoms with E-state index in [0.29, 0.717) is 0 Å². The topological polar surface area (TPSA) is 77.8 Å². The average Bonchev–Trinajstić information content (AvgIpc) is 2.12. The van der Waals surface area contributed by atoms with Gasteiger partial charge in [-0.05, 0) is 19.1 Å². The number of carboxylic acid groups (broad SMARTS) is 1. The molecule has 5 heteroatoms. The van der Waals surface area contributed by atoms with Crippen molar-refractivity contribution in [1.82, 2.24) is 0 Å². The predicted octanol–water partition coefficient (Wildman–Crippen LogP) is 1.94. The minimum absolute atomic E-state index is 0.0270. The van der Waals surface area contributed by atoms with Crippen LogP contribution in [0.3, 0.4) is 0 Å². The molecule has 3 N–H and O–H groups in total. The van der Waals surface area contributed by atoms with Crippen molar-refractivity contribution in [2.75, 3.05) is 0 Å². The summed E-state index contributed by atoms with van der Waals surface area (Å²) in [5.74, 6) is -2.94. The van der Waals surface area contributed by atoms with Crippen LogP contribution in [0.4, 0.5) is 0 Å². The smallest absolute Gasteiger partial charge is 0.310 e. The van der Waals surface area contributed by atoms with Gasteiger partial charge in [-0.15, -0.1) is 0 Å². The second kappa shape index (κ2) is 3.75. The maximum atomic E-state index is 10.7. The lowest BCUT2D eigenvalue weighted by Crippen LogP contribution is -2.08. The monoisotopic (exact) mass is 216 g/mol. The molecule has 1 aromatic rings. The lowest BCUT2D eigenvalue weighted by molar-refractivity contribution is -0.138. The van der Waals surface area contributed by atoms with E-state index >= 15 is 0 Å². The van der Waals surface area contributed by atoms with Crippen molar-refractivity contribution in [1.29, 1.82) is 0 Å². The lowest BCUT2D eigenvalue weighted by Gasteiger charge is -2.11. The molecular formula is C9H9ClO4. The van der Waals surface area contributed by atoms with Gasteiger partial charge < -0.3 is 15.3 Å². The highest BCUT2D eigenvalue weighted by molar-refractivity contribution is 6.32. The van der Waals surface area contributed by atoms with Crippen LogP contribution in [0.2, 0.25) is 5.02 Å². The lowest BCUT2D eigenvalue weighted by atomic mass is 10.00. The number of phenolic OH excluding ortho intramolecular Hbond substituents is 2. The van der Waals surface area contributed by atoms with Crippen LogP contribution < -0.4 is 0 Å². The molecule has 0 bridgehead atoms. The summed E-state index contributed by atoms with van der Waals surface area (Å²) in [7, 11) is 0. The van der Waals surface area contributed by atoms with E-state index in [0.717, 1.165) is 0 Å². The zero-order valence-corrected chi connectivity index (χ0v) is 8.12. The molecule has 0 saturated carbocycles. The van der Waals surface area contributed by atoms with E-state index in [1.54, 1.807) is 0 Å². The normalized spacial score (nSPS) is 12.4. The minimum Gasteiger partial charge on any atom is -0.504 e. The Bertz CT molecular complexity index is 375. The predicted molar refractivity (Wildman–Crippen MR) is 50.8 cm³/mol. The van der Waals surface area contributed by atoms with Crippen LogP contribution in [0, 0.1) is 0 Å². The quantitative estimate of drug-likeness (QED) is 0.661. The summed E-state index contributed by atoms with van der Waals surface area (Å²) in [5, 5.41) is 27.4. The number of aromatic hydroxyl groups is 2. The van der Waals surface area contributed by atoms with E-state index in [1.165, 1.54) is 19.1 Å². The summed E-state index contributed by atoms with van der Waals surface area (Å²) >= 11 is 5.71. The Hall–Kier alpha value is -1.42. The number of carboxylic acids is 1. The Balaban J connectivity index is 3.32. The average molecular weight is 217 g/mol. The molecule has 0 fully saturated rings. The summed E-state index contributed by atoms with van der Waals surface area (Å²) in [4.78, 5) is 10.7. The van der Waals surface area contributed by atoms with Gasteiger partial charge in [0, 0.05) is 10.6 Å². The Morgan fingerprint density at radius 3 is 2.50 bits per heavy atom. The number of halogens is 1. The van der Waals surface area contributed by atoms with E-state index in [9.17, 15) is 9.90 Å². The zero-order chi connectivity index (χ0) is 10.9. The molecule has 1 atom stereocenters. The Morgan fingerprint density at radius 2 is 2.00 bits per heavy atom. The highest BCUT2D eigenvalue weighted by atomic mass is 35.5. The van der Waals surface area contributed by atoms with E-state index in [1.807, 2.05) is 0 Å². The first-order valence-electron chi connectivity index (χ1n) is 3.88. The summed E-state index contributed by atoms with van der Waals surface area (Å²) < 4.78 is 0. The third kappa shape index (κ3) is 1.75. The van der Waals surface area contributed by atoms with Gasteiger partial charge in [0.2, 0.25) is 0 Å². The molecule has 1 rings (SSSR count). The number of hydrogen-bond acceptors (Lipinski definition) is 3. The van der Waals surface area contributed by atoms with Gasteiger partial charge in [-0.1, -0.05) is 11.6 Å². The fourth-order valence-corrected chi connectivity index (χ4v) is 1.42. The molecule has 1 aromatic carbocycles. The molecule has 0 heterocycles. The molecule has 76 valence electrons. The summed E-state index contributed by atoms with van der Waals surface area (Å²) in [6.45, 7) is 1.38. The van der Waals surface area contributed by atoms with Crippen molar-refractivity contribution in [3.05, 3.63) is 22.7 Å². The molecule has 0 aromatic heterocycles. The molecule has 0 spiro atoms. The molecule has 4 nitrogen and oxygen atoms in total. The molecular weight excluding hydrogens is 208 g/mol. The van der Waals surface area contributed by atoms with Crippen molar-refractivity contribution < 1.29 is 20.1 Å². The Kier molecular flexibility index (Phi) is 2.86. The SMILES string of the molecule is CC(C(=O)O)c1c(Cl)ccc(O)c1O. The molecule has 0 amide bonds. The summed E-state index contributed by atoms with van der Waals surface area (Å²) in [6, 6.07) is 2.54. The van der Waals surface area contributed by atoms with Crippen molar-refractivity contribution in [2.45, 2.75) is 12.8 Å². The standard InChI is InChI=1S/C9H9ClO4/c1-4(9(13)14)7-5(10)2-3-6(11)8(7)12/h2-4,11-12H,1H3,(H,13,14). The van der Waals surface area contributed by atoms with Crippen LogP contribution in [0.1, 0.15) is 18.4 Å². The number of phenols is 2. The molecule has 0 aliphatic heterocycles. The van der Waals surface area contributed by atoms with E-state index in [2.05, 4.69) is 0 Å². The molecule has 0 radical (unpaired) electrons. The van der Waals surface area contributed by atoms with Crippen LogP contribution in [-0.4, -0.2) is 21.3 Å². The summed E-state index contributed by atoms with van der Waals surface area (Å²) in [6.07, 6.45) is 0. The van der Waals surface area contributed by atoms with Crippen LogP contribution in [0.5, 0.6) is 11.5 Å². The van der Waals surface area contributed by atoms with Gasteiger partial charge in [-0.3, -0.25) is 4.79 Å². The number of rotatable bonds is 2. The molecule has 1 unspecified atom stereocenters. The molecule has 0 aliphatic rings. The molecule has 0 aliphatic carbocycles. The van der Waals surface area contributed by atoms with Gasteiger partial charge in [0.05, 0.1) is 5.92 Å². The van der Waals surface area contributed by atoms with Gasteiger partial charge in [0.15, 0.2) is 11.5 Å². The van der Waals surface area contributed by atoms with Crippen molar-refractivity contribution in [2.24, 2.45) is 0 Å². The number of carbonyl (C=O) groups is 1. The van der Waals surface area contributed by atoms with Gasteiger partial charge in [-0.2, -0.15) is 0 Å². The largest absolute Gasteiger partial charge is 0.504 e. The number of benzene rings is 1. The Morgan fingerprint density at radius 1 is 1.43 bits per heavy atom. The van der Waals surface area contributed by atoms with Gasteiger partial charge in [0.25, 0.3) is 0 Å². The minimum atomic E-state index is -1.12. The third-order valence-electron chi connectivity index (χ3n) is 1.95. The molecule has 14 heavy (non-hydrogen) atoms. The number of aliphatic carboxylic acids is 1. The second-order valence-corrected chi connectivity index (χ2v) is 3.30. The first kappa shape index (κ1) is 10.7.